The molecule has 0 bridgehead atoms. The molecule has 2 aromatic rings. The van der Waals surface area contributed by atoms with E-state index in [0.29, 0.717) is 36.1 Å². The highest BCUT2D eigenvalue weighted by Gasteiger charge is 2.41. The van der Waals surface area contributed by atoms with E-state index < -0.39 is 69.5 Å². The quantitative estimate of drug-likeness (QED) is 0.386. The summed E-state index contributed by atoms with van der Waals surface area (Å²) in [5.41, 5.74) is -2.21. The molecule has 15 heteroatoms. The van der Waals surface area contributed by atoms with Crippen molar-refractivity contribution in [2.75, 3.05) is 39.5 Å². The summed E-state index contributed by atoms with van der Waals surface area (Å²) >= 11 is 0. The molecule has 248 valence electrons. The second-order valence-corrected chi connectivity index (χ2v) is 13.8. The Morgan fingerprint density at radius 2 is 1.49 bits per heavy atom. The molecule has 0 radical (unpaired) electrons. The molecule has 2 aliphatic rings. The number of benzene rings is 2. The van der Waals surface area contributed by atoms with Crippen molar-refractivity contribution in [2.45, 2.75) is 51.0 Å². The third-order valence-corrected chi connectivity index (χ3v) is 9.89. The molecule has 2 heterocycles. The molecule has 0 spiro atoms. The van der Waals surface area contributed by atoms with Gasteiger partial charge in [0.05, 0.1) is 17.4 Å². The van der Waals surface area contributed by atoms with Crippen LogP contribution in [0.25, 0.3) is 0 Å². The van der Waals surface area contributed by atoms with Gasteiger partial charge < -0.3 is 9.80 Å². The van der Waals surface area contributed by atoms with Gasteiger partial charge in [-0.2, -0.15) is 26.3 Å². The smallest absolute Gasteiger partial charge is 0.342 e. The normalized spacial score (nSPS) is 20.7. The fourth-order valence-corrected chi connectivity index (χ4v) is 7.13. The largest absolute Gasteiger partial charge is 0.416 e. The van der Waals surface area contributed by atoms with Crippen molar-refractivity contribution in [3.63, 3.8) is 0 Å². The molecule has 2 amide bonds. The Balaban J connectivity index is 1.57. The first kappa shape index (κ1) is 34.7. The molecule has 2 atom stereocenters. The number of alkyl halides is 6. The van der Waals surface area contributed by atoms with Crippen LogP contribution in [-0.4, -0.2) is 73.8 Å². The van der Waals surface area contributed by atoms with Gasteiger partial charge in [-0.15, -0.1) is 0 Å². The number of piperidine rings is 2. The lowest BCUT2D eigenvalue weighted by molar-refractivity contribution is -0.144. The number of likely N-dealkylation sites (tertiary alicyclic amines) is 1. The topological polar surface area (TPSA) is 78.0 Å². The molecule has 4 rings (SSSR count). The van der Waals surface area contributed by atoms with Crippen LogP contribution in [0.1, 0.15) is 53.0 Å². The van der Waals surface area contributed by atoms with Crippen LogP contribution in [0.3, 0.4) is 0 Å². The van der Waals surface area contributed by atoms with Gasteiger partial charge in [0.15, 0.2) is 0 Å². The number of nitrogens with zero attached hydrogens (tertiary/aromatic N) is 3. The summed E-state index contributed by atoms with van der Waals surface area (Å²) in [5, 5.41) is 0. The zero-order valence-corrected chi connectivity index (χ0v) is 25.7. The lowest BCUT2D eigenvalue weighted by Crippen LogP contribution is -2.50. The van der Waals surface area contributed by atoms with Gasteiger partial charge in [0.1, 0.15) is 5.82 Å². The van der Waals surface area contributed by atoms with E-state index in [1.54, 1.807) is 11.8 Å². The van der Waals surface area contributed by atoms with Crippen molar-refractivity contribution < 1.29 is 48.7 Å². The Hall–Kier alpha value is -3.20. The lowest BCUT2D eigenvalue weighted by atomic mass is 9.77. The molecule has 0 aromatic heterocycles. The fraction of sp³-hybridized carbons (Fsp3) is 0.533. The van der Waals surface area contributed by atoms with Crippen LogP contribution >= 0.6 is 0 Å². The van der Waals surface area contributed by atoms with E-state index >= 15 is 0 Å². The minimum absolute atomic E-state index is 0.0242. The summed E-state index contributed by atoms with van der Waals surface area (Å²) in [6.07, 6.45) is -8.18. The summed E-state index contributed by atoms with van der Waals surface area (Å²) in [4.78, 5) is 30.0. The maximum Gasteiger partial charge on any atom is 0.416 e. The van der Waals surface area contributed by atoms with Gasteiger partial charge in [-0.3, -0.25) is 9.59 Å². The van der Waals surface area contributed by atoms with Crippen LogP contribution in [0, 0.1) is 24.6 Å². The number of rotatable bonds is 6. The Morgan fingerprint density at radius 1 is 0.911 bits per heavy atom. The average molecular weight is 666 g/mol. The standard InChI is InChI=1S/C30H34F7N3O4S/c1-18-12-23(31)4-5-24(18)26-17-39(27(41)20-6-10-40(11-7-20)45(3,43)44)9-8-25(26)28(42)38(2)16-19-13-21(29(32,33)34)15-22(14-19)30(35,36)37/h4-5,12-15,20,25-26H,6-11,16-17H2,1-3H3/t25-,26+/m1/s1. The van der Waals surface area contributed by atoms with Crippen LogP contribution in [0.15, 0.2) is 36.4 Å². The highest BCUT2D eigenvalue weighted by Crippen LogP contribution is 2.39. The van der Waals surface area contributed by atoms with E-state index in [9.17, 15) is 48.7 Å². The van der Waals surface area contributed by atoms with Crippen molar-refractivity contribution in [1.29, 1.82) is 0 Å². The molecule has 45 heavy (non-hydrogen) atoms. The van der Waals surface area contributed by atoms with Crippen LogP contribution in [0.2, 0.25) is 0 Å². The van der Waals surface area contributed by atoms with Crippen molar-refractivity contribution in [3.8, 4) is 0 Å². The molecule has 0 unspecified atom stereocenters. The second-order valence-electron chi connectivity index (χ2n) is 11.8. The van der Waals surface area contributed by atoms with Gasteiger partial charge >= 0.3 is 12.4 Å². The highest BCUT2D eigenvalue weighted by atomic mass is 32.2. The number of hydrogen-bond acceptors (Lipinski definition) is 4. The predicted molar refractivity (Wildman–Crippen MR) is 151 cm³/mol. The van der Waals surface area contributed by atoms with Gasteiger partial charge in [-0.1, -0.05) is 6.07 Å². The number of hydrogen-bond donors (Lipinski definition) is 0. The molecule has 2 aromatic carbocycles. The van der Waals surface area contributed by atoms with Gasteiger partial charge in [-0.25, -0.2) is 17.1 Å². The van der Waals surface area contributed by atoms with Crippen LogP contribution in [0.5, 0.6) is 0 Å². The first-order valence-electron chi connectivity index (χ1n) is 14.3. The van der Waals surface area contributed by atoms with Crippen LogP contribution < -0.4 is 0 Å². The van der Waals surface area contributed by atoms with Crippen LogP contribution in [-0.2, 0) is 38.5 Å². The fourth-order valence-electron chi connectivity index (χ4n) is 6.26. The predicted octanol–water partition coefficient (Wildman–Crippen LogP) is 5.43. The Bertz CT molecular complexity index is 1500. The number of aryl methyl sites for hydroxylation is 1. The number of sulfonamides is 1. The van der Waals surface area contributed by atoms with Crippen molar-refractivity contribution in [1.82, 2.24) is 14.1 Å². The Kier molecular flexibility index (Phi) is 9.93. The van der Waals surface area contributed by atoms with Gasteiger partial charge in [0.25, 0.3) is 0 Å². The molecule has 7 nitrogen and oxygen atoms in total. The Labute approximate surface area is 257 Å². The molecule has 2 saturated heterocycles. The molecular weight excluding hydrogens is 631 g/mol. The maximum absolute atomic E-state index is 14.0. The van der Waals surface area contributed by atoms with Crippen molar-refractivity contribution in [3.05, 3.63) is 70.0 Å². The van der Waals surface area contributed by atoms with Crippen molar-refractivity contribution >= 4 is 21.8 Å². The number of halogens is 7. The number of carbonyl (C=O) groups is 2. The summed E-state index contributed by atoms with van der Waals surface area (Å²) in [6.45, 7) is 1.74. The molecule has 0 saturated carbocycles. The molecule has 2 aliphatic heterocycles. The minimum atomic E-state index is -5.04. The van der Waals surface area contributed by atoms with Gasteiger partial charge in [0.2, 0.25) is 21.8 Å². The van der Waals surface area contributed by atoms with Gasteiger partial charge in [0, 0.05) is 57.5 Å². The second kappa shape index (κ2) is 12.9. The lowest BCUT2D eigenvalue weighted by Gasteiger charge is -2.42. The molecule has 2 fully saturated rings. The van der Waals surface area contributed by atoms with E-state index in [0.717, 1.165) is 11.2 Å². The average Bonchev–Trinajstić information content (AvgIpc) is 2.94. The van der Waals surface area contributed by atoms with Crippen LogP contribution in [0.4, 0.5) is 30.7 Å². The van der Waals surface area contributed by atoms with E-state index in [4.69, 9.17) is 0 Å². The third-order valence-electron chi connectivity index (χ3n) is 8.59. The highest BCUT2D eigenvalue weighted by molar-refractivity contribution is 7.88. The Morgan fingerprint density at radius 3 is 2.00 bits per heavy atom. The summed E-state index contributed by atoms with van der Waals surface area (Å²) in [5.74, 6) is -3.12. The van der Waals surface area contributed by atoms with Crippen molar-refractivity contribution in [2.24, 2.45) is 11.8 Å². The zero-order chi connectivity index (χ0) is 33.5. The monoisotopic (exact) mass is 665 g/mol. The van der Waals surface area contributed by atoms with E-state index in [1.807, 2.05) is 0 Å². The van der Waals surface area contributed by atoms with E-state index in [2.05, 4.69) is 0 Å². The zero-order valence-electron chi connectivity index (χ0n) is 24.9. The number of carbonyl (C=O) groups excluding carboxylic acids is 2. The first-order chi connectivity index (χ1) is 20.8. The summed E-state index contributed by atoms with van der Waals surface area (Å²) < 4.78 is 119. The molecule has 0 aliphatic carbocycles. The molecular formula is C30H34F7N3O4S. The third kappa shape index (κ3) is 8.15. The van der Waals surface area contributed by atoms with Gasteiger partial charge in [-0.05, 0) is 73.2 Å². The maximum atomic E-state index is 14.0. The SMILES string of the molecule is Cc1cc(F)ccc1[C@@H]1CN(C(=O)C2CCN(S(C)(=O)=O)CC2)CC[C@H]1C(=O)N(C)Cc1cc(C(F)(F)F)cc(C(F)(F)F)c1. The summed E-state index contributed by atoms with van der Waals surface area (Å²) in [7, 11) is -2.11. The summed E-state index contributed by atoms with van der Waals surface area (Å²) in [6, 6.07) is 5.20. The van der Waals surface area contributed by atoms with E-state index in [1.165, 1.54) is 29.6 Å². The number of amides is 2. The first-order valence-corrected chi connectivity index (χ1v) is 16.1. The molecule has 0 N–H and O–H groups in total. The van der Waals surface area contributed by atoms with E-state index in [-0.39, 0.29) is 50.1 Å². The minimum Gasteiger partial charge on any atom is -0.342 e.